The van der Waals surface area contributed by atoms with Crippen LogP contribution in [0.5, 0.6) is 0 Å². The van der Waals surface area contributed by atoms with Gasteiger partial charge in [0.05, 0.1) is 11.3 Å². The van der Waals surface area contributed by atoms with E-state index in [0.29, 0.717) is 17.9 Å². The van der Waals surface area contributed by atoms with Gasteiger partial charge in [-0.2, -0.15) is 0 Å². The number of benzene rings is 1. The van der Waals surface area contributed by atoms with Gasteiger partial charge in [-0.25, -0.2) is 15.0 Å². The van der Waals surface area contributed by atoms with E-state index in [9.17, 15) is 0 Å². The van der Waals surface area contributed by atoms with Gasteiger partial charge in [-0.15, -0.1) is 0 Å². The van der Waals surface area contributed by atoms with Crippen LogP contribution in [0.4, 0.5) is 5.82 Å². The summed E-state index contributed by atoms with van der Waals surface area (Å²) in [5.74, 6) is 1.18. The zero-order valence-corrected chi connectivity index (χ0v) is 22.0. The minimum absolute atomic E-state index is 0.445. The summed E-state index contributed by atoms with van der Waals surface area (Å²) >= 11 is 0. The van der Waals surface area contributed by atoms with E-state index >= 15 is 0 Å². The fourth-order valence-corrected chi connectivity index (χ4v) is 5.24. The van der Waals surface area contributed by atoms with Crippen LogP contribution in [0.2, 0.25) is 0 Å². The fourth-order valence-electron chi connectivity index (χ4n) is 5.24. The first kappa shape index (κ1) is 24.9. The molecule has 4 heterocycles. The highest BCUT2D eigenvalue weighted by atomic mass is 15.2. The number of nitrogens with one attached hydrogen (secondary N) is 1. The molecule has 5 rings (SSSR count). The van der Waals surface area contributed by atoms with Crippen molar-refractivity contribution in [2.24, 2.45) is 0 Å². The Morgan fingerprint density at radius 2 is 1.78 bits per heavy atom. The Morgan fingerprint density at radius 3 is 2.46 bits per heavy atom. The van der Waals surface area contributed by atoms with Crippen molar-refractivity contribution in [1.29, 1.82) is 0 Å². The smallest absolute Gasteiger partial charge is 0.165 e. The number of pyridine rings is 2. The van der Waals surface area contributed by atoms with Crippen molar-refractivity contribution >= 4 is 22.6 Å². The molecule has 3 aromatic heterocycles. The maximum Gasteiger partial charge on any atom is 0.165 e. The molecule has 1 fully saturated rings. The fraction of sp³-hybridized carbons (Fsp3) is 0.300. The number of piperazine rings is 1. The van der Waals surface area contributed by atoms with Gasteiger partial charge >= 0.3 is 0 Å². The second-order valence-electron chi connectivity index (χ2n) is 9.82. The second kappa shape index (κ2) is 10.7. The monoisotopic (exact) mass is 493 g/mol. The molecule has 1 aromatic carbocycles. The molecule has 1 unspecified atom stereocenters. The Labute approximate surface area is 218 Å². The van der Waals surface area contributed by atoms with Crippen molar-refractivity contribution in [3.8, 4) is 17.1 Å². The van der Waals surface area contributed by atoms with Gasteiger partial charge in [-0.05, 0) is 75.2 Å². The quantitative estimate of drug-likeness (QED) is 0.358. The van der Waals surface area contributed by atoms with Crippen LogP contribution >= 0.6 is 0 Å². The van der Waals surface area contributed by atoms with Crippen LogP contribution in [0, 0.1) is 0 Å². The molecule has 0 amide bonds. The number of fused-ring (bicyclic) bond motifs is 1. The Morgan fingerprint density at radius 1 is 1.03 bits per heavy atom. The van der Waals surface area contributed by atoms with E-state index in [1.54, 1.807) is 6.20 Å². The summed E-state index contributed by atoms with van der Waals surface area (Å²) in [6.07, 6.45) is 7.87. The largest absolute Gasteiger partial charge is 0.383 e. The number of anilines is 1. The number of aromatic nitrogens is 4. The molecule has 0 bridgehead atoms. The number of nitrogens with two attached hydrogens (primary N) is 1. The Balaban J connectivity index is 1.59. The highest BCUT2D eigenvalue weighted by Crippen LogP contribution is 2.31. The minimum atomic E-state index is 0.445. The molecule has 37 heavy (non-hydrogen) atoms. The number of nitrogens with zero attached hydrogens (tertiary/aromatic N) is 5. The van der Waals surface area contributed by atoms with E-state index in [4.69, 9.17) is 15.7 Å². The van der Waals surface area contributed by atoms with Crippen molar-refractivity contribution in [3.05, 3.63) is 84.2 Å². The van der Waals surface area contributed by atoms with E-state index in [-0.39, 0.29) is 0 Å². The first-order chi connectivity index (χ1) is 18.0. The molecule has 190 valence electrons. The van der Waals surface area contributed by atoms with Crippen molar-refractivity contribution in [2.75, 3.05) is 18.8 Å². The van der Waals surface area contributed by atoms with E-state index in [0.717, 1.165) is 59.1 Å². The molecule has 1 aliphatic rings. The molecule has 4 aromatic rings. The SMILES string of the molecule is C/C=C\C(=C/C)c1ccc2nc(-c3cccnc3N)n(-c3ccc(CN4CC(C)N[C@@H](C)C4)cc3)c2n1. The predicted octanol–water partition coefficient (Wildman–Crippen LogP) is 5.23. The van der Waals surface area contributed by atoms with Gasteiger partial charge in [-0.1, -0.05) is 30.4 Å². The van der Waals surface area contributed by atoms with E-state index in [2.05, 4.69) is 70.0 Å². The average molecular weight is 494 g/mol. The molecular weight excluding hydrogens is 458 g/mol. The van der Waals surface area contributed by atoms with Gasteiger partial charge in [-0.3, -0.25) is 9.47 Å². The molecule has 7 nitrogen and oxygen atoms in total. The normalized spacial score (nSPS) is 19.2. The van der Waals surface area contributed by atoms with Crippen LogP contribution in [-0.4, -0.2) is 49.6 Å². The molecule has 0 saturated carbocycles. The molecule has 2 atom stereocenters. The van der Waals surface area contributed by atoms with Crippen LogP contribution in [0.3, 0.4) is 0 Å². The van der Waals surface area contributed by atoms with Gasteiger partial charge in [0.25, 0.3) is 0 Å². The topological polar surface area (TPSA) is 84.9 Å². The van der Waals surface area contributed by atoms with Gasteiger partial charge in [0.1, 0.15) is 11.3 Å². The second-order valence-corrected chi connectivity index (χ2v) is 9.82. The van der Waals surface area contributed by atoms with Crippen LogP contribution in [0.25, 0.3) is 33.8 Å². The number of imidazole rings is 1. The van der Waals surface area contributed by atoms with Crippen LogP contribution < -0.4 is 11.1 Å². The maximum absolute atomic E-state index is 6.30. The molecule has 1 aliphatic heterocycles. The Hall–Kier alpha value is -3.81. The third kappa shape index (κ3) is 5.19. The maximum atomic E-state index is 6.30. The minimum Gasteiger partial charge on any atom is -0.383 e. The molecular formula is C30H35N7. The third-order valence-electron chi connectivity index (χ3n) is 6.77. The zero-order valence-electron chi connectivity index (χ0n) is 22.0. The summed E-state index contributed by atoms with van der Waals surface area (Å²) in [5, 5.41) is 3.61. The summed E-state index contributed by atoms with van der Waals surface area (Å²) in [4.78, 5) is 16.8. The number of rotatable bonds is 6. The van der Waals surface area contributed by atoms with E-state index < -0.39 is 0 Å². The summed E-state index contributed by atoms with van der Waals surface area (Å²) in [6, 6.07) is 17.6. The lowest BCUT2D eigenvalue weighted by Gasteiger charge is -2.36. The first-order valence-corrected chi connectivity index (χ1v) is 12.9. The number of nitrogen functional groups attached to an aromatic ring is 1. The van der Waals surface area contributed by atoms with Crippen LogP contribution in [-0.2, 0) is 6.54 Å². The number of allylic oxidation sites excluding steroid dienone is 4. The number of hydrogen-bond donors (Lipinski definition) is 2. The first-order valence-electron chi connectivity index (χ1n) is 12.9. The molecule has 0 spiro atoms. The average Bonchev–Trinajstić information content (AvgIpc) is 3.26. The molecule has 7 heteroatoms. The highest BCUT2D eigenvalue weighted by Gasteiger charge is 2.22. The lowest BCUT2D eigenvalue weighted by molar-refractivity contribution is 0.166. The van der Waals surface area contributed by atoms with Crippen LogP contribution in [0.1, 0.15) is 39.0 Å². The van der Waals surface area contributed by atoms with Gasteiger partial charge in [0, 0.05) is 43.6 Å². The lowest BCUT2D eigenvalue weighted by atomic mass is 10.1. The van der Waals surface area contributed by atoms with E-state index in [1.807, 2.05) is 44.2 Å². The molecule has 0 aliphatic carbocycles. The van der Waals surface area contributed by atoms with Crippen molar-refractivity contribution in [2.45, 2.75) is 46.3 Å². The summed E-state index contributed by atoms with van der Waals surface area (Å²) in [6.45, 7) is 11.6. The van der Waals surface area contributed by atoms with E-state index in [1.165, 1.54) is 5.56 Å². The summed E-state index contributed by atoms with van der Waals surface area (Å²) in [5.41, 5.74) is 12.9. The molecule has 3 N–H and O–H groups in total. The lowest BCUT2D eigenvalue weighted by Crippen LogP contribution is -2.53. The van der Waals surface area contributed by atoms with Crippen molar-refractivity contribution < 1.29 is 0 Å². The summed E-state index contributed by atoms with van der Waals surface area (Å²) in [7, 11) is 0. The number of hydrogen-bond acceptors (Lipinski definition) is 6. The molecule has 0 radical (unpaired) electrons. The van der Waals surface area contributed by atoms with Gasteiger partial charge in [0.15, 0.2) is 11.5 Å². The van der Waals surface area contributed by atoms with Crippen molar-refractivity contribution in [3.63, 3.8) is 0 Å². The van der Waals surface area contributed by atoms with Crippen LogP contribution in [0.15, 0.2) is 73.0 Å². The standard InChI is InChI=1S/C30H35N7/c1-5-8-23(6-2)26-14-15-27-30(34-26)37(29(35-27)25-9-7-16-32-28(25)31)24-12-10-22(11-13-24)19-36-17-20(3)33-21(4)18-36/h5-16,20-21,33H,17-19H2,1-4H3,(H2,31,32)/b8-5-,23-6+/t20-,21?/m0/s1. The van der Waals surface area contributed by atoms with Crippen molar-refractivity contribution in [1.82, 2.24) is 29.7 Å². The summed E-state index contributed by atoms with van der Waals surface area (Å²) < 4.78 is 2.09. The highest BCUT2D eigenvalue weighted by molar-refractivity contribution is 5.85. The Kier molecular flexibility index (Phi) is 7.17. The zero-order chi connectivity index (χ0) is 25.9. The Bertz CT molecular complexity index is 1440. The molecule has 1 saturated heterocycles. The predicted molar refractivity (Wildman–Crippen MR) is 152 cm³/mol. The van der Waals surface area contributed by atoms with Gasteiger partial charge in [0.2, 0.25) is 0 Å². The third-order valence-corrected chi connectivity index (χ3v) is 6.77. The van der Waals surface area contributed by atoms with Gasteiger partial charge < -0.3 is 11.1 Å².